The van der Waals surface area contributed by atoms with Crippen molar-refractivity contribution in [2.75, 3.05) is 17.3 Å². The van der Waals surface area contributed by atoms with Crippen LogP contribution >= 0.6 is 11.8 Å². The summed E-state index contributed by atoms with van der Waals surface area (Å²) in [6, 6.07) is 7.05. The first-order valence-electron chi connectivity index (χ1n) is 6.38. The average Bonchev–Trinajstić information content (AvgIpc) is 2.67. The van der Waals surface area contributed by atoms with Gasteiger partial charge in [0.05, 0.1) is 17.5 Å². The molecule has 1 atom stereocenters. The Morgan fingerprint density at radius 3 is 2.53 bits per heavy atom. The second-order valence-electron chi connectivity index (χ2n) is 4.14. The summed E-state index contributed by atoms with van der Waals surface area (Å²) in [7, 11) is 0. The van der Waals surface area contributed by atoms with E-state index in [4.69, 9.17) is 4.74 Å². The van der Waals surface area contributed by atoms with Crippen LogP contribution in [0.15, 0.2) is 24.3 Å². The molecule has 2 rings (SSSR count). The van der Waals surface area contributed by atoms with E-state index in [1.165, 1.54) is 16.7 Å². The first kappa shape index (κ1) is 13.9. The second kappa shape index (κ2) is 6.10. The van der Waals surface area contributed by atoms with Gasteiger partial charge in [0.2, 0.25) is 11.8 Å². The highest BCUT2D eigenvalue weighted by atomic mass is 32.2. The Labute approximate surface area is 117 Å². The SMILES string of the molecule is CCOc1ccc(N2C(=O)CC(SCC)C2=O)cc1. The summed E-state index contributed by atoms with van der Waals surface area (Å²) in [5, 5.41) is -0.232. The fourth-order valence-corrected chi connectivity index (χ4v) is 2.98. The van der Waals surface area contributed by atoms with Crippen molar-refractivity contribution >= 4 is 29.3 Å². The van der Waals surface area contributed by atoms with E-state index in [0.29, 0.717) is 18.7 Å². The number of benzene rings is 1. The standard InChI is InChI=1S/C14H17NO3S/c1-3-18-11-7-5-10(6-8-11)15-13(16)9-12(14(15)17)19-4-2/h5-8,12H,3-4,9H2,1-2H3. The topological polar surface area (TPSA) is 46.6 Å². The molecule has 1 fully saturated rings. The van der Waals surface area contributed by atoms with Crippen molar-refractivity contribution in [3.8, 4) is 5.75 Å². The summed E-state index contributed by atoms with van der Waals surface area (Å²) in [4.78, 5) is 25.4. The smallest absolute Gasteiger partial charge is 0.247 e. The molecular formula is C14H17NO3S. The minimum atomic E-state index is -0.232. The van der Waals surface area contributed by atoms with Gasteiger partial charge in [-0.15, -0.1) is 11.8 Å². The van der Waals surface area contributed by atoms with Gasteiger partial charge in [0.1, 0.15) is 5.75 Å². The monoisotopic (exact) mass is 279 g/mol. The van der Waals surface area contributed by atoms with E-state index in [0.717, 1.165) is 11.5 Å². The van der Waals surface area contributed by atoms with Crippen LogP contribution in [-0.4, -0.2) is 29.4 Å². The number of carbonyl (C=O) groups is 2. The molecule has 1 aliphatic rings. The summed E-state index contributed by atoms with van der Waals surface area (Å²) in [5.41, 5.74) is 0.623. The van der Waals surface area contributed by atoms with Gasteiger partial charge in [-0.25, -0.2) is 4.90 Å². The van der Waals surface area contributed by atoms with Crippen LogP contribution < -0.4 is 9.64 Å². The molecule has 0 N–H and O–H groups in total. The van der Waals surface area contributed by atoms with E-state index >= 15 is 0 Å². The molecule has 1 unspecified atom stereocenters. The zero-order valence-corrected chi connectivity index (χ0v) is 11.9. The Hall–Kier alpha value is -1.49. The molecule has 1 heterocycles. The zero-order chi connectivity index (χ0) is 13.8. The van der Waals surface area contributed by atoms with Crippen LogP contribution in [0.3, 0.4) is 0 Å². The molecule has 4 nitrogen and oxygen atoms in total. The first-order chi connectivity index (χ1) is 9.17. The number of hydrogen-bond donors (Lipinski definition) is 0. The number of ether oxygens (including phenoxy) is 1. The minimum Gasteiger partial charge on any atom is -0.494 e. The van der Waals surface area contributed by atoms with Gasteiger partial charge in [-0.2, -0.15) is 0 Å². The van der Waals surface area contributed by atoms with E-state index in [-0.39, 0.29) is 17.1 Å². The molecule has 0 bridgehead atoms. The summed E-state index contributed by atoms with van der Waals surface area (Å²) in [5.74, 6) is 1.34. The van der Waals surface area contributed by atoms with Crippen LogP contribution in [0, 0.1) is 0 Å². The van der Waals surface area contributed by atoms with Crippen molar-refractivity contribution < 1.29 is 14.3 Å². The number of nitrogens with zero attached hydrogens (tertiary/aromatic N) is 1. The Kier molecular flexibility index (Phi) is 4.47. The van der Waals surface area contributed by atoms with Gasteiger partial charge in [0.25, 0.3) is 0 Å². The molecule has 0 saturated carbocycles. The number of hydrogen-bond acceptors (Lipinski definition) is 4. The summed E-state index contributed by atoms with van der Waals surface area (Å²) in [6.45, 7) is 4.49. The molecule has 1 aromatic carbocycles. The predicted molar refractivity (Wildman–Crippen MR) is 76.6 cm³/mol. The molecule has 102 valence electrons. The highest BCUT2D eigenvalue weighted by Gasteiger charge is 2.39. The number of amides is 2. The number of thioether (sulfide) groups is 1. The van der Waals surface area contributed by atoms with Crippen LogP contribution in [0.25, 0.3) is 0 Å². The predicted octanol–water partition coefficient (Wildman–Crippen LogP) is 2.47. The summed E-state index contributed by atoms with van der Waals surface area (Å²) >= 11 is 1.52. The lowest BCUT2D eigenvalue weighted by Gasteiger charge is -2.15. The fraction of sp³-hybridized carbons (Fsp3) is 0.429. The Balaban J connectivity index is 2.16. The normalized spacial score (nSPS) is 19.1. The van der Waals surface area contributed by atoms with Crippen molar-refractivity contribution in [1.29, 1.82) is 0 Å². The quantitative estimate of drug-likeness (QED) is 0.777. The largest absolute Gasteiger partial charge is 0.494 e. The molecular weight excluding hydrogens is 262 g/mol. The lowest BCUT2D eigenvalue weighted by Crippen LogP contribution is -2.31. The van der Waals surface area contributed by atoms with E-state index in [1.54, 1.807) is 24.3 Å². The molecule has 0 aliphatic carbocycles. The maximum atomic E-state index is 12.2. The van der Waals surface area contributed by atoms with Gasteiger partial charge >= 0.3 is 0 Å². The third-order valence-electron chi connectivity index (χ3n) is 2.88. The van der Waals surface area contributed by atoms with Crippen molar-refractivity contribution in [1.82, 2.24) is 0 Å². The van der Waals surface area contributed by atoms with E-state index in [1.807, 2.05) is 13.8 Å². The maximum Gasteiger partial charge on any atom is 0.247 e. The van der Waals surface area contributed by atoms with Crippen LogP contribution in [0.5, 0.6) is 5.75 Å². The lowest BCUT2D eigenvalue weighted by atomic mass is 10.3. The van der Waals surface area contributed by atoms with E-state index < -0.39 is 0 Å². The maximum absolute atomic E-state index is 12.2. The second-order valence-corrected chi connectivity index (χ2v) is 5.62. The van der Waals surface area contributed by atoms with Gasteiger partial charge in [0.15, 0.2) is 0 Å². The lowest BCUT2D eigenvalue weighted by molar-refractivity contribution is -0.121. The summed E-state index contributed by atoms with van der Waals surface area (Å²) in [6.07, 6.45) is 0.296. The van der Waals surface area contributed by atoms with Crippen LogP contribution in [0.2, 0.25) is 0 Å². The number of rotatable bonds is 5. The van der Waals surface area contributed by atoms with Gasteiger partial charge in [-0.3, -0.25) is 9.59 Å². The van der Waals surface area contributed by atoms with Gasteiger partial charge in [-0.1, -0.05) is 6.92 Å². The summed E-state index contributed by atoms with van der Waals surface area (Å²) < 4.78 is 5.34. The molecule has 1 saturated heterocycles. The number of carbonyl (C=O) groups excluding carboxylic acids is 2. The minimum absolute atomic E-state index is 0.110. The van der Waals surface area contributed by atoms with Gasteiger partial charge < -0.3 is 4.74 Å². The number of imide groups is 1. The third kappa shape index (κ3) is 2.92. The van der Waals surface area contributed by atoms with Crippen LogP contribution in [0.4, 0.5) is 5.69 Å². The highest BCUT2D eigenvalue weighted by molar-refractivity contribution is 8.00. The molecule has 2 amide bonds. The Bertz CT molecular complexity index is 472. The molecule has 19 heavy (non-hydrogen) atoms. The van der Waals surface area contributed by atoms with Gasteiger partial charge in [-0.05, 0) is 36.9 Å². The van der Waals surface area contributed by atoms with Crippen molar-refractivity contribution in [3.05, 3.63) is 24.3 Å². The van der Waals surface area contributed by atoms with Crippen LogP contribution in [0.1, 0.15) is 20.3 Å². The van der Waals surface area contributed by atoms with Crippen molar-refractivity contribution in [2.45, 2.75) is 25.5 Å². The highest BCUT2D eigenvalue weighted by Crippen LogP contribution is 2.30. The van der Waals surface area contributed by atoms with Crippen molar-refractivity contribution in [3.63, 3.8) is 0 Å². The molecule has 0 radical (unpaired) electrons. The molecule has 0 aromatic heterocycles. The average molecular weight is 279 g/mol. The number of anilines is 1. The van der Waals surface area contributed by atoms with Crippen molar-refractivity contribution in [2.24, 2.45) is 0 Å². The zero-order valence-electron chi connectivity index (χ0n) is 11.1. The fourth-order valence-electron chi connectivity index (χ4n) is 2.06. The van der Waals surface area contributed by atoms with E-state index in [9.17, 15) is 9.59 Å². The van der Waals surface area contributed by atoms with Crippen LogP contribution in [-0.2, 0) is 9.59 Å². The molecule has 1 aromatic rings. The Morgan fingerprint density at radius 1 is 1.26 bits per heavy atom. The molecule has 0 spiro atoms. The molecule has 1 aliphatic heterocycles. The Morgan fingerprint density at radius 2 is 1.95 bits per heavy atom. The van der Waals surface area contributed by atoms with Gasteiger partial charge in [0, 0.05) is 6.42 Å². The first-order valence-corrected chi connectivity index (χ1v) is 7.43. The molecule has 5 heteroatoms. The van der Waals surface area contributed by atoms with E-state index in [2.05, 4.69) is 0 Å². The third-order valence-corrected chi connectivity index (χ3v) is 3.98.